The first kappa shape index (κ1) is 12.1. The molecular weight excluding hydrogens is 276 g/mol. The van der Waals surface area contributed by atoms with Crippen LogP contribution in [0.5, 0.6) is 0 Å². The molecule has 2 aromatic carbocycles. The highest BCUT2D eigenvalue weighted by atomic mass is 32.1. The van der Waals surface area contributed by atoms with Crippen LogP contribution in [0.2, 0.25) is 0 Å². The van der Waals surface area contributed by atoms with Gasteiger partial charge in [0.1, 0.15) is 0 Å². The number of fused-ring (bicyclic) bond motifs is 3. The minimum atomic E-state index is 0.688. The van der Waals surface area contributed by atoms with Crippen LogP contribution in [-0.2, 0) is 0 Å². The monoisotopic (exact) mass is 286 g/mol. The topological polar surface area (TPSA) is 36.7 Å². The van der Waals surface area contributed by atoms with Crippen molar-refractivity contribution in [3.8, 4) is 16.5 Å². The fourth-order valence-electron chi connectivity index (χ4n) is 2.51. The van der Waals surface area contributed by atoms with Crippen LogP contribution in [0.3, 0.4) is 0 Å². The number of rotatable bonds is 1. The summed E-state index contributed by atoms with van der Waals surface area (Å²) in [5, 5.41) is 11.4. The largest absolute Gasteiger partial charge is 0.256 e. The SMILES string of the molecule is N#Cc1cccc(-c2cc3cnc4ccccc4c3s2)c1. The highest BCUT2D eigenvalue weighted by Gasteiger charge is 2.08. The second-order valence-corrected chi connectivity index (χ2v) is 5.92. The molecule has 0 N–H and O–H groups in total. The molecule has 0 aliphatic heterocycles. The summed E-state index contributed by atoms with van der Waals surface area (Å²) in [4.78, 5) is 5.67. The Balaban J connectivity index is 1.98. The van der Waals surface area contributed by atoms with Crippen LogP contribution in [0, 0.1) is 11.3 Å². The summed E-state index contributed by atoms with van der Waals surface area (Å²) in [6.07, 6.45) is 1.92. The smallest absolute Gasteiger partial charge is 0.0991 e. The Morgan fingerprint density at radius 3 is 2.81 bits per heavy atom. The molecule has 0 unspecified atom stereocenters. The van der Waals surface area contributed by atoms with Gasteiger partial charge in [-0.15, -0.1) is 11.3 Å². The third-order valence-corrected chi connectivity index (χ3v) is 4.76. The molecule has 4 rings (SSSR count). The standard InChI is InChI=1S/C18H10N2S/c19-10-12-4-3-5-13(8-12)17-9-14-11-20-16-7-2-1-6-15(16)18(14)21-17/h1-9,11H. The van der Waals surface area contributed by atoms with E-state index in [9.17, 15) is 0 Å². The van der Waals surface area contributed by atoms with E-state index in [2.05, 4.69) is 23.2 Å². The zero-order chi connectivity index (χ0) is 14.2. The average Bonchev–Trinajstić information content (AvgIpc) is 2.99. The van der Waals surface area contributed by atoms with Gasteiger partial charge in [-0.2, -0.15) is 5.26 Å². The molecule has 3 heteroatoms. The van der Waals surface area contributed by atoms with Crippen molar-refractivity contribution >= 4 is 32.3 Å². The molecule has 0 spiro atoms. The van der Waals surface area contributed by atoms with Gasteiger partial charge in [-0.1, -0.05) is 30.3 Å². The number of pyridine rings is 1. The van der Waals surface area contributed by atoms with Gasteiger partial charge in [0.2, 0.25) is 0 Å². The average molecular weight is 286 g/mol. The van der Waals surface area contributed by atoms with Gasteiger partial charge in [0, 0.05) is 26.5 Å². The fraction of sp³-hybridized carbons (Fsp3) is 0. The van der Waals surface area contributed by atoms with E-state index in [0.29, 0.717) is 5.56 Å². The molecule has 98 valence electrons. The summed E-state index contributed by atoms with van der Waals surface area (Å²) in [5.41, 5.74) is 2.79. The maximum atomic E-state index is 9.03. The van der Waals surface area contributed by atoms with Crippen LogP contribution >= 0.6 is 11.3 Å². The summed E-state index contributed by atoms with van der Waals surface area (Å²) < 4.78 is 1.25. The molecule has 2 aromatic heterocycles. The van der Waals surface area contributed by atoms with Crippen molar-refractivity contribution in [2.45, 2.75) is 0 Å². The van der Waals surface area contributed by atoms with Gasteiger partial charge in [0.15, 0.2) is 0 Å². The third-order valence-electron chi connectivity index (χ3n) is 3.53. The number of thiophene rings is 1. The van der Waals surface area contributed by atoms with Crippen LogP contribution in [-0.4, -0.2) is 4.98 Å². The number of hydrogen-bond donors (Lipinski definition) is 0. The molecule has 0 aliphatic carbocycles. The van der Waals surface area contributed by atoms with Gasteiger partial charge < -0.3 is 0 Å². The maximum Gasteiger partial charge on any atom is 0.0991 e. The Bertz CT molecular complexity index is 1010. The molecule has 0 saturated carbocycles. The quantitative estimate of drug-likeness (QED) is 0.494. The molecule has 0 amide bonds. The van der Waals surface area contributed by atoms with Gasteiger partial charge in [0.05, 0.1) is 17.1 Å². The van der Waals surface area contributed by atoms with E-state index in [4.69, 9.17) is 5.26 Å². The predicted octanol–water partition coefficient (Wildman–Crippen LogP) is 4.99. The number of nitriles is 1. The highest BCUT2D eigenvalue weighted by Crippen LogP contribution is 2.36. The van der Waals surface area contributed by atoms with Gasteiger partial charge in [-0.3, -0.25) is 4.98 Å². The van der Waals surface area contributed by atoms with E-state index in [1.54, 1.807) is 11.3 Å². The lowest BCUT2D eigenvalue weighted by molar-refractivity contribution is 1.45. The van der Waals surface area contributed by atoms with E-state index >= 15 is 0 Å². The normalized spacial score (nSPS) is 10.8. The molecular formula is C18H10N2S. The second kappa shape index (κ2) is 4.69. The minimum Gasteiger partial charge on any atom is -0.256 e. The summed E-state index contributed by atoms with van der Waals surface area (Å²) in [6.45, 7) is 0. The van der Waals surface area contributed by atoms with E-state index < -0.39 is 0 Å². The van der Waals surface area contributed by atoms with Gasteiger partial charge in [-0.25, -0.2) is 0 Å². The number of hydrogen-bond acceptors (Lipinski definition) is 3. The van der Waals surface area contributed by atoms with Crippen molar-refractivity contribution in [2.75, 3.05) is 0 Å². The van der Waals surface area contributed by atoms with E-state index in [1.807, 2.05) is 48.7 Å². The first-order chi connectivity index (χ1) is 10.3. The molecule has 0 atom stereocenters. The van der Waals surface area contributed by atoms with Crippen LogP contribution in [0.15, 0.2) is 60.8 Å². The van der Waals surface area contributed by atoms with Crippen molar-refractivity contribution in [3.05, 3.63) is 66.4 Å². The Kier molecular flexibility index (Phi) is 2.70. The summed E-state index contributed by atoms with van der Waals surface area (Å²) in [6, 6.07) is 20.3. The lowest BCUT2D eigenvalue weighted by atomic mass is 10.1. The van der Waals surface area contributed by atoms with E-state index in [-0.39, 0.29) is 0 Å². The van der Waals surface area contributed by atoms with Gasteiger partial charge in [0.25, 0.3) is 0 Å². The maximum absolute atomic E-state index is 9.03. The van der Waals surface area contributed by atoms with Crippen LogP contribution in [0.1, 0.15) is 5.56 Å². The van der Waals surface area contributed by atoms with Crippen molar-refractivity contribution < 1.29 is 0 Å². The fourth-order valence-corrected chi connectivity index (χ4v) is 3.68. The van der Waals surface area contributed by atoms with Crippen LogP contribution < -0.4 is 0 Å². The molecule has 21 heavy (non-hydrogen) atoms. The first-order valence-electron chi connectivity index (χ1n) is 6.63. The zero-order valence-electron chi connectivity index (χ0n) is 11.1. The van der Waals surface area contributed by atoms with Crippen LogP contribution in [0.4, 0.5) is 0 Å². The minimum absolute atomic E-state index is 0.688. The summed E-state index contributed by atoms with van der Waals surface area (Å²) in [5.74, 6) is 0. The van der Waals surface area contributed by atoms with Crippen LogP contribution in [0.25, 0.3) is 31.4 Å². The van der Waals surface area contributed by atoms with E-state index in [1.165, 1.54) is 15.0 Å². The lowest BCUT2D eigenvalue weighted by Gasteiger charge is -1.97. The molecule has 0 saturated heterocycles. The molecule has 0 radical (unpaired) electrons. The van der Waals surface area contributed by atoms with Crippen molar-refractivity contribution in [1.82, 2.24) is 4.98 Å². The Morgan fingerprint density at radius 1 is 1.00 bits per heavy atom. The van der Waals surface area contributed by atoms with Gasteiger partial charge >= 0.3 is 0 Å². The highest BCUT2D eigenvalue weighted by molar-refractivity contribution is 7.23. The first-order valence-corrected chi connectivity index (χ1v) is 7.44. The summed E-state index contributed by atoms with van der Waals surface area (Å²) >= 11 is 1.75. The van der Waals surface area contributed by atoms with Crippen molar-refractivity contribution in [2.24, 2.45) is 0 Å². The Labute approximate surface area is 125 Å². The molecule has 2 nitrogen and oxygen atoms in total. The van der Waals surface area contributed by atoms with E-state index in [0.717, 1.165) is 16.5 Å². The molecule has 4 aromatic rings. The van der Waals surface area contributed by atoms with Crippen molar-refractivity contribution in [1.29, 1.82) is 5.26 Å². The third kappa shape index (κ3) is 1.97. The summed E-state index contributed by atoms with van der Waals surface area (Å²) in [7, 11) is 0. The Morgan fingerprint density at radius 2 is 1.90 bits per heavy atom. The second-order valence-electron chi connectivity index (χ2n) is 4.86. The van der Waals surface area contributed by atoms with Crippen molar-refractivity contribution in [3.63, 3.8) is 0 Å². The Hall–Kier alpha value is -2.70. The molecule has 0 bridgehead atoms. The lowest BCUT2D eigenvalue weighted by Crippen LogP contribution is -1.76. The number of aromatic nitrogens is 1. The molecule has 0 aliphatic rings. The number of nitrogens with zero attached hydrogens (tertiary/aromatic N) is 2. The molecule has 2 heterocycles. The number of para-hydroxylation sites is 1. The molecule has 0 fully saturated rings. The van der Waals surface area contributed by atoms with Gasteiger partial charge in [-0.05, 0) is 29.8 Å². The zero-order valence-corrected chi connectivity index (χ0v) is 11.9. The predicted molar refractivity (Wildman–Crippen MR) is 87.3 cm³/mol. The number of benzene rings is 2.